The molecule has 10 nitrogen and oxygen atoms in total. The molecule has 0 atom stereocenters. The lowest BCUT2D eigenvalue weighted by Crippen LogP contribution is -2.52. The number of nitrogens with zero attached hydrogens (tertiary/aromatic N) is 4. The van der Waals surface area contributed by atoms with E-state index in [4.69, 9.17) is 0 Å². The van der Waals surface area contributed by atoms with Crippen LogP contribution >= 0.6 is 23.1 Å². The molecule has 0 radical (unpaired) electrons. The maximum absolute atomic E-state index is 12.8. The van der Waals surface area contributed by atoms with E-state index in [1.807, 2.05) is 42.5 Å². The van der Waals surface area contributed by atoms with Gasteiger partial charge in [0.2, 0.25) is 11.9 Å². The first-order valence-corrected chi connectivity index (χ1v) is 17.6. The van der Waals surface area contributed by atoms with Crippen LogP contribution in [0.4, 0.5) is 34.5 Å². The van der Waals surface area contributed by atoms with Gasteiger partial charge in [0.15, 0.2) is 0 Å². The standard InChI is InChI=1S/C30H38BrN8O2P/c1-4-28(40)35-25-19-21(9-10-26(25)39-15-11-22(12-16-39)38-17-13-32-14-18-38)34-30-33-20-23(31)29(37-30)36-24-7-5-6-8-27(24)42(2,3)41/h4-10,19-20,22,32H,1,11-18H2,2-3H3,(H,35,40)(H2,33,34,36,37). The summed E-state index contributed by atoms with van der Waals surface area (Å²) < 4.78 is 13.5. The molecule has 4 N–H and O–H groups in total. The van der Waals surface area contributed by atoms with Crippen molar-refractivity contribution in [3.05, 3.63) is 65.8 Å². The summed E-state index contributed by atoms with van der Waals surface area (Å²) in [6, 6.07) is 14.0. The molecule has 42 heavy (non-hydrogen) atoms. The Bertz CT molecular complexity index is 1480. The van der Waals surface area contributed by atoms with Crippen molar-refractivity contribution in [2.45, 2.75) is 18.9 Å². The van der Waals surface area contributed by atoms with Crippen molar-refractivity contribution in [3.63, 3.8) is 0 Å². The van der Waals surface area contributed by atoms with Gasteiger partial charge in [-0.25, -0.2) is 4.98 Å². The average molecular weight is 654 g/mol. The van der Waals surface area contributed by atoms with Crippen LogP contribution in [0.3, 0.4) is 0 Å². The fourth-order valence-electron chi connectivity index (χ4n) is 5.51. The number of benzene rings is 2. The predicted octanol–water partition coefficient (Wildman–Crippen LogP) is 4.97. The van der Waals surface area contributed by atoms with Gasteiger partial charge in [-0.05, 0) is 78.5 Å². The Kier molecular flexibility index (Phi) is 9.63. The van der Waals surface area contributed by atoms with E-state index in [9.17, 15) is 9.36 Å². The normalized spacial score (nSPS) is 16.6. The molecule has 1 aromatic heterocycles. The Labute approximate surface area is 255 Å². The summed E-state index contributed by atoms with van der Waals surface area (Å²) in [7, 11) is -2.51. The molecule has 0 unspecified atom stereocenters. The fourth-order valence-corrected chi connectivity index (χ4v) is 6.96. The van der Waals surface area contributed by atoms with Crippen molar-refractivity contribution in [3.8, 4) is 0 Å². The number of hydrogen-bond acceptors (Lipinski definition) is 9. The van der Waals surface area contributed by atoms with Crippen LogP contribution in [0.15, 0.2) is 65.8 Å². The van der Waals surface area contributed by atoms with Gasteiger partial charge < -0.3 is 30.7 Å². The van der Waals surface area contributed by atoms with E-state index in [0.29, 0.717) is 28.0 Å². The van der Waals surface area contributed by atoms with Gasteiger partial charge in [0.25, 0.3) is 0 Å². The van der Waals surface area contributed by atoms with Gasteiger partial charge >= 0.3 is 0 Å². The molecule has 3 aromatic rings. The molecule has 3 heterocycles. The zero-order valence-corrected chi connectivity index (χ0v) is 26.5. The van der Waals surface area contributed by atoms with Gasteiger partial charge in [-0.1, -0.05) is 18.7 Å². The number of carbonyl (C=O) groups excluding carboxylic acids is 1. The number of piperazine rings is 1. The van der Waals surface area contributed by atoms with Crippen molar-refractivity contribution < 1.29 is 9.36 Å². The predicted molar refractivity (Wildman–Crippen MR) is 177 cm³/mol. The number of rotatable bonds is 9. The Morgan fingerprint density at radius 2 is 1.81 bits per heavy atom. The van der Waals surface area contributed by atoms with Crippen LogP contribution in [0.1, 0.15) is 12.8 Å². The monoisotopic (exact) mass is 652 g/mol. The molecule has 2 aliphatic rings. The van der Waals surface area contributed by atoms with Gasteiger partial charge in [-0.15, -0.1) is 0 Å². The minimum Gasteiger partial charge on any atom is -0.370 e. The van der Waals surface area contributed by atoms with Crippen LogP contribution in [0, 0.1) is 0 Å². The molecule has 0 bridgehead atoms. The van der Waals surface area contributed by atoms with Crippen LogP contribution in [0.5, 0.6) is 0 Å². The van der Waals surface area contributed by atoms with Crippen molar-refractivity contribution in [2.24, 2.45) is 0 Å². The molecule has 2 fully saturated rings. The van der Waals surface area contributed by atoms with Gasteiger partial charge in [0.1, 0.15) is 13.0 Å². The van der Waals surface area contributed by atoms with Gasteiger partial charge in [-0.2, -0.15) is 4.98 Å². The molecule has 2 aliphatic heterocycles. The Hall–Kier alpha value is -3.24. The number of anilines is 6. The molecule has 2 aromatic carbocycles. The maximum atomic E-state index is 12.8. The summed E-state index contributed by atoms with van der Waals surface area (Å²) in [6.45, 7) is 13.3. The molecular formula is C30H38BrN8O2P. The second-order valence-corrected chi connectivity index (χ2v) is 15.0. The maximum Gasteiger partial charge on any atom is 0.247 e. The summed E-state index contributed by atoms with van der Waals surface area (Å²) in [5.41, 5.74) is 3.15. The van der Waals surface area contributed by atoms with Crippen LogP contribution in [0.2, 0.25) is 0 Å². The number of amides is 1. The second kappa shape index (κ2) is 13.4. The third-order valence-electron chi connectivity index (χ3n) is 7.65. The Balaban J connectivity index is 1.34. The topological polar surface area (TPSA) is 115 Å². The number of para-hydroxylation sites is 1. The van der Waals surface area contributed by atoms with Crippen LogP contribution in [0.25, 0.3) is 0 Å². The number of halogens is 1. The third-order valence-corrected chi connectivity index (χ3v) is 9.78. The molecule has 0 aliphatic carbocycles. The van der Waals surface area contributed by atoms with E-state index in [0.717, 1.165) is 74.5 Å². The number of piperidine rings is 1. The lowest BCUT2D eigenvalue weighted by molar-refractivity contribution is -0.111. The van der Waals surface area contributed by atoms with Crippen LogP contribution in [-0.2, 0) is 9.36 Å². The van der Waals surface area contributed by atoms with Crippen molar-refractivity contribution in [1.82, 2.24) is 20.2 Å². The molecule has 1 amide bonds. The first-order chi connectivity index (χ1) is 20.2. The summed E-state index contributed by atoms with van der Waals surface area (Å²) in [5, 5.41) is 13.7. The van der Waals surface area contributed by atoms with Gasteiger partial charge in [0.05, 0.1) is 21.5 Å². The highest BCUT2D eigenvalue weighted by atomic mass is 79.9. The zero-order chi connectivity index (χ0) is 29.7. The molecule has 2 saturated heterocycles. The van der Waals surface area contributed by atoms with Crippen molar-refractivity contribution >= 4 is 68.8 Å². The summed E-state index contributed by atoms with van der Waals surface area (Å²) in [5.74, 6) is 0.649. The van der Waals surface area contributed by atoms with E-state index < -0.39 is 7.14 Å². The van der Waals surface area contributed by atoms with Crippen LogP contribution < -0.4 is 31.5 Å². The van der Waals surface area contributed by atoms with Gasteiger partial charge in [0, 0.05) is 62.5 Å². The Morgan fingerprint density at radius 1 is 1.07 bits per heavy atom. The second-order valence-electron chi connectivity index (χ2n) is 10.9. The van der Waals surface area contributed by atoms with Crippen LogP contribution in [-0.4, -0.2) is 79.4 Å². The highest BCUT2D eigenvalue weighted by Gasteiger charge is 2.27. The van der Waals surface area contributed by atoms with Crippen molar-refractivity contribution in [1.29, 1.82) is 0 Å². The highest BCUT2D eigenvalue weighted by Crippen LogP contribution is 2.39. The minimum absolute atomic E-state index is 0.265. The molecule has 5 rings (SSSR count). The SMILES string of the molecule is C=CC(=O)Nc1cc(Nc2ncc(Br)c(Nc3ccccc3P(C)(C)=O)n2)ccc1N1CCC(N2CCNCC2)CC1. The number of aromatic nitrogens is 2. The first kappa shape index (κ1) is 30.2. The Morgan fingerprint density at radius 3 is 2.52 bits per heavy atom. The fraction of sp³-hybridized carbons (Fsp3) is 0.367. The minimum atomic E-state index is -2.51. The number of hydrogen-bond donors (Lipinski definition) is 4. The largest absolute Gasteiger partial charge is 0.370 e. The number of carbonyl (C=O) groups is 1. The summed E-state index contributed by atoms with van der Waals surface area (Å²) >= 11 is 3.53. The van der Waals surface area contributed by atoms with Crippen molar-refractivity contribution in [2.75, 3.05) is 73.4 Å². The highest BCUT2D eigenvalue weighted by molar-refractivity contribution is 9.10. The molecule has 0 spiro atoms. The zero-order valence-electron chi connectivity index (χ0n) is 24.1. The molecule has 0 saturated carbocycles. The van der Waals surface area contributed by atoms with E-state index in [1.165, 1.54) is 6.08 Å². The van der Waals surface area contributed by atoms with Gasteiger partial charge in [-0.3, -0.25) is 9.69 Å². The smallest absolute Gasteiger partial charge is 0.247 e. The first-order valence-electron chi connectivity index (χ1n) is 14.2. The molecular weight excluding hydrogens is 615 g/mol. The average Bonchev–Trinajstić information content (AvgIpc) is 2.99. The van der Waals surface area contributed by atoms with E-state index in [1.54, 1.807) is 19.5 Å². The quantitative estimate of drug-likeness (QED) is 0.188. The third kappa shape index (κ3) is 7.39. The number of nitrogens with one attached hydrogen (secondary N) is 4. The summed E-state index contributed by atoms with van der Waals surface area (Å²) in [4.78, 5) is 26.4. The van der Waals surface area contributed by atoms with E-state index >= 15 is 0 Å². The van der Waals surface area contributed by atoms with E-state index in [2.05, 4.69) is 63.5 Å². The molecule has 222 valence electrons. The van der Waals surface area contributed by atoms with E-state index in [-0.39, 0.29) is 5.91 Å². The lowest BCUT2D eigenvalue weighted by atomic mass is 10.0. The summed E-state index contributed by atoms with van der Waals surface area (Å²) in [6.07, 6.45) is 5.12. The lowest BCUT2D eigenvalue weighted by Gasteiger charge is -2.41. The molecule has 12 heteroatoms.